The maximum atomic E-state index is 13.5. The first kappa shape index (κ1) is 36.4. The number of carbonyl (C=O) groups excluding carboxylic acids is 2. The summed E-state index contributed by atoms with van der Waals surface area (Å²) < 4.78 is 35.1. The van der Waals surface area contributed by atoms with E-state index in [9.17, 15) is 9.59 Å². The van der Waals surface area contributed by atoms with E-state index in [0.29, 0.717) is 42.6 Å². The SMILES string of the molecule is C.CCOc1nc2cccc(C(=O)OC(C)OC(=O)O[C@H]3COC4CCOC43)c2n1Cc1ccc(-c2ccccc2-c2nn[nH]n2)cc1.O=CO. The molecule has 268 valence electrons. The molecule has 0 amide bonds. The predicted molar refractivity (Wildman–Crippen MR) is 181 cm³/mol. The van der Waals surface area contributed by atoms with Gasteiger partial charge in [-0.2, -0.15) is 10.2 Å². The van der Waals surface area contributed by atoms with E-state index >= 15 is 0 Å². The fraction of sp³-hybridized carbons (Fsp3) is 0.343. The van der Waals surface area contributed by atoms with Crippen LogP contribution in [-0.2, 0) is 35.0 Å². The number of nitrogens with one attached hydrogen (secondary N) is 1. The molecule has 7 rings (SSSR count). The Morgan fingerprint density at radius 2 is 1.82 bits per heavy atom. The van der Waals surface area contributed by atoms with Crippen LogP contribution in [0.2, 0.25) is 0 Å². The van der Waals surface area contributed by atoms with Crippen LogP contribution >= 0.6 is 0 Å². The molecule has 0 spiro atoms. The van der Waals surface area contributed by atoms with E-state index in [0.717, 1.165) is 28.7 Å². The van der Waals surface area contributed by atoms with Crippen molar-refractivity contribution in [3.63, 3.8) is 0 Å². The number of carbonyl (C=O) groups is 3. The van der Waals surface area contributed by atoms with Gasteiger partial charge in [-0.1, -0.05) is 62.0 Å². The highest BCUT2D eigenvalue weighted by atomic mass is 16.8. The molecule has 4 heterocycles. The Balaban J connectivity index is 0.00000122. The van der Waals surface area contributed by atoms with Crippen molar-refractivity contribution in [1.82, 2.24) is 30.2 Å². The van der Waals surface area contributed by atoms with Crippen molar-refractivity contribution in [3.05, 3.63) is 77.9 Å². The lowest BCUT2D eigenvalue weighted by Crippen LogP contribution is -2.33. The standard InChI is InChI=1S/C33H32N6O8.CH2O2.CH4/c1-3-42-32-34-25-10-6-9-24(31(40)45-19(2)46-33(41)47-27-18-44-26-15-16-43-29(26)27)28(25)39(32)17-20-11-13-21(14-12-20)22-7-4-5-8-23(22)30-35-37-38-36-30;2-1-3;/h4-14,19,26-27,29H,3,15-18H2,1-2H3,(H,35,36,37,38);1H,(H,2,3);1H4/t19?,26?,27-,29?;;/m0../s1. The van der Waals surface area contributed by atoms with Crippen LogP contribution in [0.5, 0.6) is 6.01 Å². The van der Waals surface area contributed by atoms with E-state index in [-0.39, 0.29) is 38.3 Å². The number of H-pyrrole nitrogens is 1. The smallest absolute Gasteiger partial charge is 0.483 e. The lowest BCUT2D eigenvalue weighted by Gasteiger charge is -2.19. The van der Waals surface area contributed by atoms with E-state index in [1.54, 1.807) is 18.2 Å². The number of nitrogens with zero attached hydrogens (tertiary/aromatic N) is 5. The molecule has 0 saturated carbocycles. The van der Waals surface area contributed by atoms with E-state index in [1.165, 1.54) is 6.92 Å². The molecule has 2 fully saturated rings. The van der Waals surface area contributed by atoms with Crippen LogP contribution in [-0.4, -0.2) is 98.3 Å². The highest BCUT2D eigenvalue weighted by Gasteiger charge is 2.44. The van der Waals surface area contributed by atoms with Crippen molar-refractivity contribution in [2.24, 2.45) is 0 Å². The van der Waals surface area contributed by atoms with Gasteiger partial charge >= 0.3 is 12.1 Å². The number of benzene rings is 3. The Kier molecular flexibility index (Phi) is 11.9. The summed E-state index contributed by atoms with van der Waals surface area (Å²) in [5.74, 6) is -0.191. The topological polar surface area (TPSA) is 199 Å². The lowest BCUT2D eigenvalue weighted by atomic mass is 9.98. The van der Waals surface area contributed by atoms with Crippen LogP contribution in [0.15, 0.2) is 66.7 Å². The average molecular weight is 703 g/mol. The first-order chi connectivity index (χ1) is 24.4. The summed E-state index contributed by atoms with van der Waals surface area (Å²) in [6.07, 6.45) is -2.43. The van der Waals surface area contributed by atoms with Gasteiger partial charge in [0.15, 0.2) is 6.10 Å². The van der Waals surface area contributed by atoms with Crippen LogP contribution in [0.25, 0.3) is 33.5 Å². The van der Waals surface area contributed by atoms with Gasteiger partial charge in [-0.3, -0.25) is 9.36 Å². The molecule has 2 aliphatic rings. The number of aromatic amines is 1. The number of hydrogen-bond donors (Lipinski definition) is 2. The van der Waals surface area contributed by atoms with E-state index in [1.807, 2.05) is 60.0 Å². The number of ether oxygens (including phenoxy) is 6. The Hall–Kier alpha value is -5.87. The second-order valence-corrected chi connectivity index (χ2v) is 11.2. The monoisotopic (exact) mass is 702 g/mol. The summed E-state index contributed by atoms with van der Waals surface area (Å²) in [4.78, 5) is 38.9. The first-order valence-corrected chi connectivity index (χ1v) is 15.8. The maximum absolute atomic E-state index is 13.5. The quantitative estimate of drug-likeness (QED) is 0.113. The zero-order valence-electron chi connectivity index (χ0n) is 27.1. The second kappa shape index (κ2) is 16.7. The minimum absolute atomic E-state index is 0. The number of fused-ring (bicyclic) bond motifs is 2. The van der Waals surface area contributed by atoms with Gasteiger partial charge in [0, 0.05) is 19.1 Å². The molecule has 16 heteroatoms. The molecule has 16 nitrogen and oxygen atoms in total. The van der Waals surface area contributed by atoms with E-state index < -0.39 is 24.5 Å². The molecule has 2 aliphatic heterocycles. The molecule has 2 aromatic heterocycles. The third kappa shape index (κ3) is 8.13. The van der Waals surface area contributed by atoms with Crippen molar-refractivity contribution in [1.29, 1.82) is 0 Å². The van der Waals surface area contributed by atoms with Gasteiger partial charge in [0.1, 0.15) is 6.10 Å². The van der Waals surface area contributed by atoms with Gasteiger partial charge in [-0.25, -0.2) is 9.59 Å². The number of tetrazole rings is 1. The van der Waals surface area contributed by atoms with Crippen LogP contribution in [0.3, 0.4) is 0 Å². The lowest BCUT2D eigenvalue weighted by molar-refractivity contribution is -0.122. The average Bonchev–Trinajstić information content (AvgIpc) is 3.93. The summed E-state index contributed by atoms with van der Waals surface area (Å²) in [6.45, 7) is 4.57. The minimum Gasteiger partial charge on any atom is -0.483 e. The fourth-order valence-corrected chi connectivity index (χ4v) is 5.95. The predicted octanol–water partition coefficient (Wildman–Crippen LogP) is 4.88. The highest BCUT2D eigenvalue weighted by molar-refractivity contribution is 6.02. The third-order valence-electron chi connectivity index (χ3n) is 8.05. The van der Waals surface area contributed by atoms with Gasteiger partial charge in [0.05, 0.1) is 42.5 Å². The van der Waals surface area contributed by atoms with Crippen LogP contribution in [0.1, 0.15) is 43.6 Å². The molecule has 2 N–H and O–H groups in total. The number of imidazole rings is 1. The summed E-state index contributed by atoms with van der Waals surface area (Å²) >= 11 is 0. The highest BCUT2D eigenvalue weighted by Crippen LogP contribution is 2.32. The van der Waals surface area contributed by atoms with Crippen LogP contribution < -0.4 is 4.74 Å². The zero-order chi connectivity index (χ0) is 35.0. The second-order valence-electron chi connectivity index (χ2n) is 11.2. The fourth-order valence-electron chi connectivity index (χ4n) is 5.95. The van der Waals surface area contributed by atoms with Crippen LogP contribution in [0.4, 0.5) is 4.79 Å². The number of carboxylic acid groups (broad SMARTS) is 1. The molecule has 5 aromatic rings. The van der Waals surface area contributed by atoms with Crippen molar-refractivity contribution in [2.75, 3.05) is 19.8 Å². The molecular weight excluding hydrogens is 664 g/mol. The van der Waals surface area contributed by atoms with Crippen LogP contribution in [0, 0.1) is 0 Å². The number of para-hydroxylation sites is 1. The zero-order valence-corrected chi connectivity index (χ0v) is 27.1. The van der Waals surface area contributed by atoms with Crippen molar-refractivity contribution in [3.8, 4) is 28.5 Å². The van der Waals surface area contributed by atoms with Crippen molar-refractivity contribution < 1.29 is 47.9 Å². The Bertz CT molecular complexity index is 1930. The molecule has 4 atom stereocenters. The van der Waals surface area contributed by atoms with Crippen molar-refractivity contribution in [2.45, 2.75) is 58.8 Å². The minimum atomic E-state index is -1.22. The Labute approximate surface area is 292 Å². The third-order valence-corrected chi connectivity index (χ3v) is 8.05. The summed E-state index contributed by atoms with van der Waals surface area (Å²) in [7, 11) is 0. The molecule has 3 aromatic carbocycles. The Morgan fingerprint density at radius 3 is 2.55 bits per heavy atom. The van der Waals surface area contributed by atoms with Gasteiger partial charge in [-0.05, 0) is 47.4 Å². The van der Waals surface area contributed by atoms with E-state index in [4.69, 9.17) is 38.3 Å². The van der Waals surface area contributed by atoms with Gasteiger partial charge in [-0.15, -0.1) is 10.2 Å². The number of aromatic nitrogens is 6. The molecule has 2 saturated heterocycles. The summed E-state index contributed by atoms with van der Waals surface area (Å²) in [5, 5.41) is 21.3. The summed E-state index contributed by atoms with van der Waals surface area (Å²) in [6, 6.07) is 21.3. The molecule has 51 heavy (non-hydrogen) atoms. The largest absolute Gasteiger partial charge is 0.511 e. The first-order valence-electron chi connectivity index (χ1n) is 15.8. The molecule has 0 radical (unpaired) electrons. The van der Waals surface area contributed by atoms with Gasteiger partial charge in [0.25, 0.3) is 12.5 Å². The normalized spacial score (nSPS) is 18.0. The number of esters is 1. The van der Waals surface area contributed by atoms with Crippen molar-refractivity contribution >= 4 is 29.6 Å². The number of hydrogen-bond acceptors (Lipinski definition) is 13. The molecule has 3 unspecified atom stereocenters. The van der Waals surface area contributed by atoms with Gasteiger partial charge in [0.2, 0.25) is 12.1 Å². The summed E-state index contributed by atoms with van der Waals surface area (Å²) in [5.41, 5.74) is 5.04. The number of rotatable bonds is 10. The Morgan fingerprint density at radius 1 is 1.06 bits per heavy atom. The van der Waals surface area contributed by atoms with E-state index in [2.05, 4.69) is 25.6 Å². The molecular formula is C35H38N6O10. The molecule has 0 aliphatic carbocycles. The van der Waals surface area contributed by atoms with Gasteiger partial charge < -0.3 is 33.5 Å². The molecule has 0 bridgehead atoms. The maximum Gasteiger partial charge on any atom is 0.511 e.